The minimum Gasteiger partial charge on any atom is -0.472 e. The molecule has 94 valence electrons. The van der Waals surface area contributed by atoms with Gasteiger partial charge in [0.05, 0.1) is 18.3 Å². The number of benzene rings is 1. The van der Waals surface area contributed by atoms with Crippen molar-refractivity contribution in [3.05, 3.63) is 63.0 Å². The van der Waals surface area contributed by atoms with Gasteiger partial charge in [0.1, 0.15) is 0 Å². The predicted molar refractivity (Wildman–Crippen MR) is 79.5 cm³/mol. The highest BCUT2D eigenvalue weighted by Gasteiger charge is 2.07. The van der Waals surface area contributed by atoms with E-state index in [1.807, 2.05) is 24.3 Å². The second-order valence-electron chi connectivity index (χ2n) is 3.79. The molecular weight excluding hydrogens is 363 g/mol. The summed E-state index contributed by atoms with van der Waals surface area (Å²) in [7, 11) is -3.25. The number of halogens is 1. The van der Waals surface area contributed by atoms with Crippen LogP contribution < -0.4 is 0 Å². The van der Waals surface area contributed by atoms with Crippen LogP contribution in [0.1, 0.15) is 11.1 Å². The first-order valence-electron chi connectivity index (χ1n) is 5.23. The normalized spacial score (nSPS) is 12.1. The van der Waals surface area contributed by atoms with Gasteiger partial charge < -0.3 is 4.42 Å². The average Bonchev–Trinajstić information content (AvgIpc) is 2.83. The van der Waals surface area contributed by atoms with Crippen LogP contribution in [0.3, 0.4) is 0 Å². The largest absolute Gasteiger partial charge is 0.472 e. The molecule has 0 saturated heterocycles. The van der Waals surface area contributed by atoms with Crippen LogP contribution in [-0.2, 0) is 15.6 Å². The fourth-order valence-corrected chi connectivity index (χ4v) is 2.89. The van der Waals surface area contributed by atoms with Crippen molar-refractivity contribution < 1.29 is 12.8 Å². The summed E-state index contributed by atoms with van der Waals surface area (Å²) >= 11 is 2.18. The van der Waals surface area contributed by atoms with Gasteiger partial charge in [0, 0.05) is 14.5 Å². The molecule has 1 heterocycles. The zero-order valence-electron chi connectivity index (χ0n) is 9.41. The standard InChI is InChI=1S/C13H11IO3S/c14-13-3-1-12(2-4-13)10-18(15,16)8-6-11-5-7-17-9-11/h1-9H,10H2/b8-6+. The summed E-state index contributed by atoms with van der Waals surface area (Å²) in [5.74, 6) is 0.0122. The number of rotatable bonds is 4. The van der Waals surface area contributed by atoms with E-state index < -0.39 is 9.84 Å². The van der Waals surface area contributed by atoms with Gasteiger partial charge in [0.2, 0.25) is 0 Å². The Bertz CT molecular complexity index is 625. The molecule has 0 aliphatic heterocycles. The van der Waals surface area contributed by atoms with Crippen LogP contribution in [0.4, 0.5) is 0 Å². The third-order valence-corrected chi connectivity index (χ3v) is 4.30. The van der Waals surface area contributed by atoms with E-state index in [-0.39, 0.29) is 5.75 Å². The molecule has 1 aromatic carbocycles. The average molecular weight is 374 g/mol. The fraction of sp³-hybridized carbons (Fsp3) is 0.0769. The zero-order chi connectivity index (χ0) is 13.0. The van der Waals surface area contributed by atoms with E-state index in [1.165, 1.54) is 24.0 Å². The molecular formula is C13H11IO3S. The van der Waals surface area contributed by atoms with Gasteiger partial charge in [-0.25, -0.2) is 8.42 Å². The van der Waals surface area contributed by atoms with Gasteiger partial charge in [-0.15, -0.1) is 0 Å². The van der Waals surface area contributed by atoms with Gasteiger partial charge in [0.15, 0.2) is 9.84 Å². The van der Waals surface area contributed by atoms with Crippen molar-refractivity contribution in [1.29, 1.82) is 0 Å². The zero-order valence-corrected chi connectivity index (χ0v) is 12.4. The van der Waals surface area contributed by atoms with Crippen molar-refractivity contribution in [1.82, 2.24) is 0 Å². The molecule has 5 heteroatoms. The number of sulfone groups is 1. The van der Waals surface area contributed by atoms with Gasteiger partial charge in [-0.05, 0) is 52.4 Å². The van der Waals surface area contributed by atoms with E-state index in [2.05, 4.69) is 22.6 Å². The second kappa shape index (κ2) is 5.71. The molecule has 2 aromatic rings. The number of hydrogen-bond donors (Lipinski definition) is 0. The minimum atomic E-state index is -3.25. The van der Waals surface area contributed by atoms with Gasteiger partial charge >= 0.3 is 0 Å². The Hall–Kier alpha value is -1.08. The Labute approximate surface area is 120 Å². The first kappa shape index (κ1) is 13.4. The van der Waals surface area contributed by atoms with Crippen molar-refractivity contribution in [3.8, 4) is 0 Å². The van der Waals surface area contributed by atoms with Crippen molar-refractivity contribution in [2.75, 3.05) is 0 Å². The van der Waals surface area contributed by atoms with Crippen molar-refractivity contribution in [2.24, 2.45) is 0 Å². The molecule has 0 saturated carbocycles. The van der Waals surface area contributed by atoms with Crippen molar-refractivity contribution >= 4 is 38.5 Å². The molecule has 3 nitrogen and oxygen atoms in total. The Morgan fingerprint density at radius 1 is 1.17 bits per heavy atom. The number of furan rings is 1. The molecule has 0 aliphatic carbocycles. The highest BCUT2D eigenvalue weighted by atomic mass is 127. The summed E-state index contributed by atoms with van der Waals surface area (Å²) in [6.45, 7) is 0. The molecule has 0 spiro atoms. The SMILES string of the molecule is O=S(=O)(/C=C/c1ccoc1)Cc1ccc(I)cc1. The lowest BCUT2D eigenvalue weighted by atomic mass is 10.2. The molecule has 0 unspecified atom stereocenters. The maximum absolute atomic E-state index is 11.9. The lowest BCUT2D eigenvalue weighted by Crippen LogP contribution is -1.99. The summed E-state index contributed by atoms with van der Waals surface area (Å²) in [5, 5.41) is 1.22. The van der Waals surface area contributed by atoms with Crippen LogP contribution in [0.15, 0.2) is 52.7 Å². The van der Waals surface area contributed by atoms with Crippen LogP contribution in [-0.4, -0.2) is 8.42 Å². The first-order chi connectivity index (χ1) is 8.55. The predicted octanol–water partition coefficient (Wildman–Crippen LogP) is 3.47. The van der Waals surface area contributed by atoms with Crippen molar-refractivity contribution in [3.63, 3.8) is 0 Å². The highest BCUT2D eigenvalue weighted by molar-refractivity contribution is 14.1. The highest BCUT2D eigenvalue weighted by Crippen LogP contribution is 2.12. The Kier molecular flexibility index (Phi) is 4.23. The molecule has 0 fully saturated rings. The van der Waals surface area contributed by atoms with Gasteiger partial charge in [-0.2, -0.15) is 0 Å². The maximum Gasteiger partial charge on any atom is 0.175 e. The third kappa shape index (κ3) is 3.99. The molecule has 18 heavy (non-hydrogen) atoms. The molecule has 0 atom stereocenters. The van der Waals surface area contributed by atoms with Crippen LogP contribution in [0, 0.1) is 3.57 Å². The van der Waals surface area contributed by atoms with Crippen LogP contribution in [0.5, 0.6) is 0 Å². The molecule has 1 aromatic heterocycles. The van der Waals surface area contributed by atoms with Gasteiger partial charge in [0.25, 0.3) is 0 Å². The van der Waals surface area contributed by atoms with E-state index in [9.17, 15) is 8.42 Å². The summed E-state index contributed by atoms with van der Waals surface area (Å²) in [5.41, 5.74) is 1.52. The third-order valence-electron chi connectivity index (χ3n) is 2.29. The molecule has 2 rings (SSSR count). The molecule has 0 bridgehead atoms. The van der Waals surface area contributed by atoms with E-state index >= 15 is 0 Å². The van der Waals surface area contributed by atoms with E-state index in [1.54, 1.807) is 6.07 Å². The Morgan fingerprint density at radius 3 is 2.50 bits per heavy atom. The number of hydrogen-bond acceptors (Lipinski definition) is 3. The topological polar surface area (TPSA) is 47.3 Å². The summed E-state index contributed by atoms with van der Waals surface area (Å²) in [6.07, 6.45) is 4.54. The minimum absolute atomic E-state index is 0.0122. The lowest BCUT2D eigenvalue weighted by Gasteiger charge is -2.00. The Balaban J connectivity index is 2.10. The lowest BCUT2D eigenvalue weighted by molar-refractivity contribution is 0.567. The molecule has 0 N–H and O–H groups in total. The fourth-order valence-electron chi connectivity index (χ4n) is 1.41. The Morgan fingerprint density at radius 2 is 1.89 bits per heavy atom. The van der Waals surface area contributed by atoms with Crippen molar-refractivity contribution in [2.45, 2.75) is 5.75 Å². The smallest absolute Gasteiger partial charge is 0.175 e. The van der Waals surface area contributed by atoms with E-state index in [0.29, 0.717) is 0 Å². The van der Waals surface area contributed by atoms with Crippen LogP contribution in [0.25, 0.3) is 6.08 Å². The summed E-state index contributed by atoms with van der Waals surface area (Å²) in [4.78, 5) is 0. The van der Waals surface area contributed by atoms with Crippen LogP contribution in [0.2, 0.25) is 0 Å². The molecule has 0 amide bonds. The van der Waals surface area contributed by atoms with E-state index in [4.69, 9.17) is 4.42 Å². The van der Waals surface area contributed by atoms with Gasteiger partial charge in [-0.3, -0.25) is 0 Å². The quantitative estimate of drug-likeness (QED) is 0.770. The van der Waals surface area contributed by atoms with Gasteiger partial charge in [-0.1, -0.05) is 12.1 Å². The molecule has 0 aliphatic rings. The monoisotopic (exact) mass is 374 g/mol. The molecule has 0 radical (unpaired) electrons. The second-order valence-corrected chi connectivity index (χ2v) is 6.93. The summed E-state index contributed by atoms with van der Waals surface area (Å²) < 4.78 is 29.7. The first-order valence-corrected chi connectivity index (χ1v) is 8.02. The maximum atomic E-state index is 11.9. The summed E-state index contributed by atoms with van der Waals surface area (Å²) in [6, 6.07) is 9.14. The van der Waals surface area contributed by atoms with E-state index in [0.717, 1.165) is 14.7 Å². The van der Waals surface area contributed by atoms with Crippen LogP contribution >= 0.6 is 22.6 Å².